The molecule has 3 aromatic rings. The summed E-state index contributed by atoms with van der Waals surface area (Å²) >= 11 is 3.31. The van der Waals surface area contributed by atoms with E-state index >= 15 is 0 Å². The zero-order chi connectivity index (χ0) is 14.7. The Morgan fingerprint density at radius 3 is 2.81 bits per heavy atom. The van der Waals surface area contributed by atoms with Gasteiger partial charge in [0.05, 0.1) is 15.8 Å². The van der Waals surface area contributed by atoms with Crippen LogP contribution in [0.15, 0.2) is 53.3 Å². The van der Waals surface area contributed by atoms with E-state index in [2.05, 4.69) is 36.8 Å². The maximum absolute atomic E-state index is 10.0. The molecule has 2 aromatic carbocycles. The molecular formula is C14H12BrN5O. The molecule has 21 heavy (non-hydrogen) atoms. The number of hydrogen-bond donors (Lipinski definition) is 2. The van der Waals surface area contributed by atoms with Crippen LogP contribution in [0.4, 0.5) is 5.69 Å². The molecule has 2 N–H and O–H groups in total. The largest absolute Gasteiger partial charge is 0.506 e. The molecule has 3 rings (SSSR count). The fraction of sp³-hybridized carbons (Fsp3) is 0.0714. The van der Waals surface area contributed by atoms with Crippen molar-refractivity contribution in [3.05, 3.63) is 58.8 Å². The van der Waals surface area contributed by atoms with Gasteiger partial charge in [-0.3, -0.25) is 0 Å². The van der Waals surface area contributed by atoms with Crippen LogP contribution in [0.3, 0.4) is 0 Å². The average molecular weight is 346 g/mol. The number of hydrogen-bond acceptors (Lipinski definition) is 5. The van der Waals surface area contributed by atoms with Gasteiger partial charge < -0.3 is 10.4 Å². The van der Waals surface area contributed by atoms with Gasteiger partial charge in [0, 0.05) is 12.1 Å². The van der Waals surface area contributed by atoms with E-state index in [1.54, 1.807) is 10.7 Å². The fourth-order valence-electron chi connectivity index (χ4n) is 1.99. The number of phenolic OH excluding ortho intramolecular Hbond substituents is 1. The third-order valence-electron chi connectivity index (χ3n) is 3.04. The van der Waals surface area contributed by atoms with E-state index in [4.69, 9.17) is 0 Å². The van der Waals surface area contributed by atoms with E-state index in [-0.39, 0.29) is 5.75 Å². The highest BCUT2D eigenvalue weighted by Crippen LogP contribution is 2.28. The van der Waals surface area contributed by atoms with Crippen molar-refractivity contribution in [2.45, 2.75) is 6.54 Å². The van der Waals surface area contributed by atoms with Crippen LogP contribution in [0, 0.1) is 0 Å². The highest BCUT2D eigenvalue weighted by molar-refractivity contribution is 9.10. The van der Waals surface area contributed by atoms with Crippen LogP contribution in [-0.4, -0.2) is 25.3 Å². The standard InChI is InChI=1S/C14H12BrN5O/c15-11-5-3-4-10(14(11)21)8-16-12-6-1-2-7-13(12)20-9-17-18-19-20/h1-7,9,16,21H,8H2. The highest BCUT2D eigenvalue weighted by atomic mass is 79.9. The first-order valence-electron chi connectivity index (χ1n) is 6.28. The summed E-state index contributed by atoms with van der Waals surface area (Å²) in [5.41, 5.74) is 2.53. The highest BCUT2D eigenvalue weighted by Gasteiger charge is 2.08. The van der Waals surface area contributed by atoms with Crippen LogP contribution in [-0.2, 0) is 6.54 Å². The minimum atomic E-state index is 0.241. The van der Waals surface area contributed by atoms with Crippen molar-refractivity contribution >= 4 is 21.6 Å². The predicted molar refractivity (Wildman–Crippen MR) is 82.3 cm³/mol. The lowest BCUT2D eigenvalue weighted by molar-refractivity contribution is 0.465. The summed E-state index contributed by atoms with van der Waals surface area (Å²) in [5.74, 6) is 0.241. The van der Waals surface area contributed by atoms with Crippen LogP contribution >= 0.6 is 15.9 Å². The summed E-state index contributed by atoms with van der Waals surface area (Å²) < 4.78 is 2.26. The smallest absolute Gasteiger partial charge is 0.143 e. The first kappa shape index (κ1) is 13.6. The number of nitrogens with one attached hydrogen (secondary N) is 1. The molecule has 0 fully saturated rings. The molecule has 0 bridgehead atoms. The molecule has 7 heteroatoms. The van der Waals surface area contributed by atoms with Gasteiger partial charge in [-0.25, -0.2) is 0 Å². The zero-order valence-corrected chi connectivity index (χ0v) is 12.5. The third-order valence-corrected chi connectivity index (χ3v) is 3.68. The monoisotopic (exact) mass is 345 g/mol. The Balaban J connectivity index is 1.85. The number of halogens is 1. The number of nitrogens with zero attached hydrogens (tertiary/aromatic N) is 4. The SMILES string of the molecule is Oc1c(Br)cccc1CNc1ccccc1-n1cnnn1. The minimum Gasteiger partial charge on any atom is -0.506 e. The predicted octanol–water partition coefficient (Wildman–Crippen LogP) is 2.74. The van der Waals surface area contributed by atoms with Gasteiger partial charge in [-0.2, -0.15) is 4.68 Å². The second-order valence-electron chi connectivity index (χ2n) is 4.37. The molecule has 0 amide bonds. The van der Waals surface area contributed by atoms with E-state index < -0.39 is 0 Å². The molecule has 6 nitrogen and oxygen atoms in total. The maximum atomic E-state index is 10.0. The van der Waals surface area contributed by atoms with Crippen molar-refractivity contribution < 1.29 is 5.11 Å². The Morgan fingerprint density at radius 2 is 2.00 bits per heavy atom. The number of anilines is 1. The second-order valence-corrected chi connectivity index (χ2v) is 5.23. The lowest BCUT2D eigenvalue weighted by Crippen LogP contribution is -2.05. The normalized spacial score (nSPS) is 10.5. The van der Waals surface area contributed by atoms with E-state index in [0.717, 1.165) is 16.9 Å². The number of para-hydroxylation sites is 3. The first-order valence-corrected chi connectivity index (χ1v) is 7.07. The molecule has 0 unspecified atom stereocenters. The van der Waals surface area contributed by atoms with Crippen molar-refractivity contribution in [2.24, 2.45) is 0 Å². The van der Waals surface area contributed by atoms with Crippen LogP contribution in [0.1, 0.15) is 5.56 Å². The van der Waals surface area contributed by atoms with E-state index in [9.17, 15) is 5.11 Å². The number of tetrazole rings is 1. The van der Waals surface area contributed by atoms with Crippen molar-refractivity contribution in [3.63, 3.8) is 0 Å². The number of phenols is 1. The van der Waals surface area contributed by atoms with Crippen molar-refractivity contribution in [2.75, 3.05) is 5.32 Å². The van der Waals surface area contributed by atoms with E-state index in [1.807, 2.05) is 36.4 Å². The summed E-state index contributed by atoms with van der Waals surface area (Å²) in [5, 5.41) is 24.5. The molecule has 0 aliphatic carbocycles. The summed E-state index contributed by atoms with van der Waals surface area (Å²) in [6.07, 6.45) is 1.54. The topological polar surface area (TPSA) is 75.9 Å². The van der Waals surface area contributed by atoms with Crippen LogP contribution < -0.4 is 5.32 Å². The fourth-order valence-corrected chi connectivity index (χ4v) is 2.39. The van der Waals surface area contributed by atoms with Gasteiger partial charge in [0.15, 0.2) is 0 Å². The van der Waals surface area contributed by atoms with E-state index in [0.29, 0.717) is 11.0 Å². The van der Waals surface area contributed by atoms with Crippen molar-refractivity contribution in [1.82, 2.24) is 20.2 Å². The molecule has 106 valence electrons. The van der Waals surface area contributed by atoms with Gasteiger partial charge >= 0.3 is 0 Å². The number of aromatic nitrogens is 4. The van der Waals surface area contributed by atoms with Crippen molar-refractivity contribution in [3.8, 4) is 11.4 Å². The molecule has 0 spiro atoms. The molecule has 1 aromatic heterocycles. The molecule has 0 atom stereocenters. The summed E-state index contributed by atoms with van der Waals surface area (Å²) in [6.45, 7) is 0.490. The number of benzene rings is 2. The molecular weight excluding hydrogens is 334 g/mol. The minimum absolute atomic E-state index is 0.241. The van der Waals surface area contributed by atoms with Gasteiger partial charge in [-0.15, -0.1) is 5.10 Å². The summed E-state index contributed by atoms with van der Waals surface area (Å²) in [7, 11) is 0. The van der Waals surface area contributed by atoms with Crippen molar-refractivity contribution in [1.29, 1.82) is 0 Å². The third kappa shape index (κ3) is 2.87. The van der Waals surface area contributed by atoms with Gasteiger partial charge in [0.2, 0.25) is 0 Å². The Labute approximate surface area is 129 Å². The van der Waals surface area contributed by atoms with E-state index in [1.165, 1.54) is 6.33 Å². The first-order chi connectivity index (χ1) is 10.3. The molecule has 1 heterocycles. The van der Waals surface area contributed by atoms with Gasteiger partial charge in [-0.05, 0) is 44.6 Å². The lowest BCUT2D eigenvalue weighted by Gasteiger charge is -2.12. The number of rotatable bonds is 4. The van der Waals surface area contributed by atoms with Gasteiger partial charge in [0.1, 0.15) is 12.1 Å². The Hall–Kier alpha value is -2.41. The Morgan fingerprint density at radius 1 is 1.14 bits per heavy atom. The summed E-state index contributed by atoms with van der Waals surface area (Å²) in [6, 6.07) is 13.2. The quantitative estimate of drug-likeness (QED) is 0.760. The molecule has 0 aliphatic rings. The zero-order valence-electron chi connectivity index (χ0n) is 10.9. The number of aromatic hydroxyl groups is 1. The second kappa shape index (κ2) is 5.92. The summed E-state index contributed by atoms with van der Waals surface area (Å²) in [4.78, 5) is 0. The molecule has 0 saturated carbocycles. The van der Waals surface area contributed by atoms with Crippen LogP contribution in [0.2, 0.25) is 0 Å². The van der Waals surface area contributed by atoms with Crippen LogP contribution in [0.5, 0.6) is 5.75 Å². The molecule has 0 aliphatic heterocycles. The lowest BCUT2D eigenvalue weighted by atomic mass is 10.2. The average Bonchev–Trinajstić information content (AvgIpc) is 3.03. The maximum Gasteiger partial charge on any atom is 0.143 e. The molecule has 0 radical (unpaired) electrons. The molecule has 0 saturated heterocycles. The van der Waals surface area contributed by atoms with Crippen LogP contribution in [0.25, 0.3) is 5.69 Å². The van der Waals surface area contributed by atoms with Gasteiger partial charge in [-0.1, -0.05) is 24.3 Å². The Kier molecular flexibility index (Phi) is 3.83. The Bertz CT molecular complexity index is 745. The van der Waals surface area contributed by atoms with Gasteiger partial charge in [0.25, 0.3) is 0 Å².